The van der Waals surface area contributed by atoms with E-state index < -0.39 is 0 Å². The highest BCUT2D eigenvalue weighted by Gasteiger charge is 2.61. The van der Waals surface area contributed by atoms with Gasteiger partial charge in [-0.05, 0) is 76.0 Å². The van der Waals surface area contributed by atoms with Crippen molar-refractivity contribution in [3.63, 3.8) is 0 Å². The number of piperidine rings is 2. The quantitative estimate of drug-likeness (QED) is 0.409. The molecule has 6 rings (SSSR count). The fraction of sp³-hybridized carbons (Fsp3) is 0.955. The molecule has 0 radical (unpaired) electrons. The van der Waals surface area contributed by atoms with E-state index in [0.29, 0.717) is 30.4 Å². The molecule has 0 spiro atoms. The Morgan fingerprint density at radius 3 is 2.54 bits per heavy atom. The molecular weight excluding hydrogens is 346 g/mol. The molecule has 0 aromatic carbocycles. The lowest BCUT2D eigenvalue weighted by Gasteiger charge is -2.58. The minimum Gasteiger partial charge on any atom is -0.465 e. The molecule has 0 aromatic heterocycles. The van der Waals surface area contributed by atoms with Gasteiger partial charge in [-0.2, -0.15) is 0 Å². The van der Waals surface area contributed by atoms with Crippen molar-refractivity contribution in [3.05, 3.63) is 0 Å². The zero-order valence-electron chi connectivity index (χ0n) is 16.4. The lowest BCUT2D eigenvalue weighted by Crippen LogP contribution is -2.61. The van der Waals surface area contributed by atoms with Crippen LogP contribution in [0.25, 0.3) is 0 Å². The van der Waals surface area contributed by atoms with Crippen LogP contribution in [-0.4, -0.2) is 48.1 Å². The molecule has 6 fully saturated rings. The summed E-state index contributed by atoms with van der Waals surface area (Å²) in [6.07, 6.45) is 13.1. The molecule has 0 amide bonds. The molecule has 0 aromatic rings. The summed E-state index contributed by atoms with van der Waals surface area (Å²) in [5.74, 6) is 1.99. The fourth-order valence-electron chi connectivity index (χ4n) is 8.15. The van der Waals surface area contributed by atoms with Crippen molar-refractivity contribution < 1.29 is 14.0 Å². The first kappa shape index (κ1) is 17.8. The van der Waals surface area contributed by atoms with Gasteiger partial charge in [0.2, 0.25) is 0 Å². The molecule has 4 aliphatic carbocycles. The second-order valence-electron chi connectivity index (χ2n) is 10.9. The number of fused-ring (bicyclic) bond motifs is 1. The van der Waals surface area contributed by atoms with Crippen molar-refractivity contribution in [3.8, 4) is 0 Å². The molecule has 6 aliphatic rings. The zero-order valence-corrected chi connectivity index (χ0v) is 17.1. The smallest absolute Gasteiger partial charge is 0.312 e. The number of esters is 1. The van der Waals surface area contributed by atoms with E-state index in [1.54, 1.807) is 0 Å². The Kier molecular flexibility index (Phi) is 4.18. The van der Waals surface area contributed by atoms with Gasteiger partial charge in [0.1, 0.15) is 0 Å². The summed E-state index contributed by atoms with van der Waals surface area (Å²) >= 11 is 6.91. The molecule has 1 unspecified atom stereocenters. The van der Waals surface area contributed by atoms with E-state index in [-0.39, 0.29) is 16.3 Å². The molecule has 26 heavy (non-hydrogen) atoms. The lowest BCUT2D eigenvalue weighted by molar-refractivity contribution is -0.947. The number of hydrogen-bond acceptors (Lipinski definition) is 2. The third-order valence-corrected chi connectivity index (χ3v) is 9.30. The Balaban J connectivity index is 1.26. The topological polar surface area (TPSA) is 26.3 Å². The third kappa shape index (κ3) is 2.83. The summed E-state index contributed by atoms with van der Waals surface area (Å²) in [5.41, 5.74) is -0.245. The van der Waals surface area contributed by atoms with E-state index in [9.17, 15) is 4.79 Å². The van der Waals surface area contributed by atoms with Crippen LogP contribution >= 0.6 is 11.6 Å². The minimum absolute atomic E-state index is 0.104. The number of ether oxygens (including phenoxy) is 1. The van der Waals surface area contributed by atoms with Crippen LogP contribution in [-0.2, 0) is 9.53 Å². The minimum atomic E-state index is -0.245. The van der Waals surface area contributed by atoms with Crippen molar-refractivity contribution in [1.29, 1.82) is 0 Å². The molecule has 4 bridgehead atoms. The van der Waals surface area contributed by atoms with Gasteiger partial charge in [-0.3, -0.25) is 4.79 Å². The standard InChI is InChI=1S/C22H35ClNO2/c1-24-7-3-2-6-19(24)18(5-4-8-24)14-26-20(25)21-10-16-9-17(11-21)13-22(23,12-16)15-21/h16-19H,2-15H2,1H3/q+1/t16-,17-,18+,19+,21?,22?,24?/m0/s1. The monoisotopic (exact) mass is 380 g/mol. The van der Waals surface area contributed by atoms with Gasteiger partial charge in [-0.1, -0.05) is 0 Å². The fourth-order valence-corrected chi connectivity index (χ4v) is 8.85. The van der Waals surface area contributed by atoms with Gasteiger partial charge < -0.3 is 9.22 Å². The SMILES string of the molecule is C[N+]12CCCC[C@@H]1[C@@H](COC(=O)C13C[C@@H]4C[C@H](CC(Cl)(C4)C1)C3)CCC2. The van der Waals surface area contributed by atoms with Crippen LogP contribution in [0.15, 0.2) is 0 Å². The van der Waals surface area contributed by atoms with Crippen molar-refractivity contribution in [2.45, 2.75) is 81.5 Å². The second kappa shape index (κ2) is 6.11. The molecule has 0 N–H and O–H groups in total. The number of hydrogen-bond donors (Lipinski definition) is 0. The second-order valence-corrected chi connectivity index (χ2v) is 11.7. The summed E-state index contributed by atoms with van der Waals surface area (Å²) in [6.45, 7) is 3.29. The molecule has 2 aliphatic heterocycles. The van der Waals surface area contributed by atoms with Crippen LogP contribution in [0.3, 0.4) is 0 Å². The Labute approximate surface area is 163 Å². The molecule has 4 heteroatoms. The molecule has 5 atom stereocenters. The maximum absolute atomic E-state index is 13.2. The van der Waals surface area contributed by atoms with E-state index in [4.69, 9.17) is 16.3 Å². The summed E-state index contributed by atoms with van der Waals surface area (Å²) in [7, 11) is 2.44. The van der Waals surface area contributed by atoms with Crippen LogP contribution in [0.4, 0.5) is 0 Å². The number of halogens is 1. The van der Waals surface area contributed by atoms with Gasteiger partial charge >= 0.3 is 5.97 Å². The van der Waals surface area contributed by atoms with Crippen LogP contribution in [0.5, 0.6) is 0 Å². The van der Waals surface area contributed by atoms with Gasteiger partial charge in [0.05, 0.1) is 38.2 Å². The van der Waals surface area contributed by atoms with Gasteiger partial charge in [0.25, 0.3) is 0 Å². The Morgan fingerprint density at radius 1 is 1.08 bits per heavy atom. The number of quaternary nitrogens is 1. The summed E-state index contributed by atoms with van der Waals surface area (Å²) in [4.78, 5) is 13.1. The highest BCUT2D eigenvalue weighted by Crippen LogP contribution is 2.64. The van der Waals surface area contributed by atoms with Crippen LogP contribution in [0.1, 0.15) is 70.6 Å². The predicted octanol–water partition coefficient (Wildman–Crippen LogP) is 4.52. The van der Waals surface area contributed by atoms with E-state index in [0.717, 1.165) is 32.1 Å². The number of carbonyl (C=O) groups is 1. The Bertz CT molecular complexity index is 575. The lowest BCUT2D eigenvalue weighted by atomic mass is 9.49. The van der Waals surface area contributed by atoms with Crippen LogP contribution in [0, 0.1) is 23.2 Å². The first-order chi connectivity index (χ1) is 12.4. The van der Waals surface area contributed by atoms with Gasteiger partial charge in [0.15, 0.2) is 0 Å². The average molecular weight is 381 g/mol. The first-order valence-corrected chi connectivity index (χ1v) is 11.5. The van der Waals surface area contributed by atoms with E-state index in [2.05, 4.69) is 7.05 Å². The van der Waals surface area contributed by atoms with Gasteiger partial charge in [-0.15, -0.1) is 11.6 Å². The maximum Gasteiger partial charge on any atom is 0.312 e. The maximum atomic E-state index is 13.2. The third-order valence-electron chi connectivity index (χ3n) is 8.86. The highest BCUT2D eigenvalue weighted by atomic mass is 35.5. The van der Waals surface area contributed by atoms with Crippen LogP contribution < -0.4 is 0 Å². The molecule has 2 saturated heterocycles. The largest absolute Gasteiger partial charge is 0.465 e. The zero-order chi connectivity index (χ0) is 18.0. The predicted molar refractivity (Wildman–Crippen MR) is 103 cm³/mol. The van der Waals surface area contributed by atoms with Crippen LogP contribution in [0.2, 0.25) is 0 Å². The molecule has 146 valence electrons. The van der Waals surface area contributed by atoms with Gasteiger partial charge in [0, 0.05) is 17.2 Å². The molecular formula is C22H35ClNO2+. The number of carbonyl (C=O) groups excluding carboxylic acids is 1. The molecule has 4 saturated carbocycles. The molecule has 2 heterocycles. The van der Waals surface area contributed by atoms with Crippen molar-refractivity contribution >= 4 is 17.6 Å². The highest BCUT2D eigenvalue weighted by molar-refractivity contribution is 6.24. The molecule has 3 nitrogen and oxygen atoms in total. The number of nitrogens with zero attached hydrogens (tertiary/aromatic N) is 1. The van der Waals surface area contributed by atoms with Crippen molar-refractivity contribution in [1.82, 2.24) is 0 Å². The normalized spacial score (nSPS) is 52.5. The number of rotatable bonds is 3. The average Bonchev–Trinajstić information content (AvgIpc) is 2.56. The van der Waals surface area contributed by atoms with E-state index in [1.165, 1.54) is 56.1 Å². The van der Waals surface area contributed by atoms with E-state index >= 15 is 0 Å². The first-order valence-electron chi connectivity index (χ1n) is 11.1. The van der Waals surface area contributed by atoms with Crippen molar-refractivity contribution in [2.24, 2.45) is 23.2 Å². The Morgan fingerprint density at radius 2 is 1.81 bits per heavy atom. The van der Waals surface area contributed by atoms with Crippen molar-refractivity contribution in [2.75, 3.05) is 26.7 Å². The number of alkyl halides is 1. The van der Waals surface area contributed by atoms with Gasteiger partial charge in [-0.25, -0.2) is 0 Å². The van der Waals surface area contributed by atoms with E-state index in [1.807, 2.05) is 0 Å². The Hall–Kier alpha value is -0.280. The summed E-state index contributed by atoms with van der Waals surface area (Å²) < 4.78 is 7.32. The summed E-state index contributed by atoms with van der Waals surface area (Å²) in [6, 6.07) is 0.709. The summed E-state index contributed by atoms with van der Waals surface area (Å²) in [5, 5.41) is 0.